The van der Waals surface area contributed by atoms with Crippen LogP contribution >= 0.6 is 0 Å². The molecule has 0 aliphatic carbocycles. The monoisotopic (exact) mass is 593 g/mol. The maximum atomic E-state index is 13.7. The average Bonchev–Trinajstić information content (AvgIpc) is 2.91. The van der Waals surface area contributed by atoms with Crippen LogP contribution in [0.25, 0.3) is 0 Å². The number of amides is 1. The molecule has 2 heterocycles. The van der Waals surface area contributed by atoms with Gasteiger partial charge in [0.15, 0.2) is 0 Å². The zero-order chi connectivity index (χ0) is 30.5. The number of ether oxygens (including phenoxy) is 1. The second kappa shape index (κ2) is 14.1. The third-order valence-corrected chi connectivity index (χ3v) is 6.68. The molecule has 0 spiro atoms. The van der Waals surface area contributed by atoms with Crippen LogP contribution in [0.5, 0.6) is 0 Å². The standard InChI is InChI=1S/C30H34F3N5O4.Li.H/c1-29(2,3)42-28(41)38-16-14-37(15-17-38)23-11-9-22(10-12-23)35-27-34-19-24(30(31,32)33)25(36-27)13-8-20-6-4-5-7-21(20)18-26(39)40;;/h4-7,9-12,19H,8,13-18H2,1-3H3,(H,39,40)(H,34,35,36);;. The van der Waals surface area contributed by atoms with E-state index in [1.807, 2.05) is 32.9 Å². The Hall–Kier alpha value is -3.75. The number of carboxylic acids is 1. The first-order valence-corrected chi connectivity index (χ1v) is 13.6. The number of nitrogens with zero attached hydrogens (tertiary/aromatic N) is 4. The van der Waals surface area contributed by atoms with E-state index in [2.05, 4.69) is 20.2 Å². The van der Waals surface area contributed by atoms with Gasteiger partial charge in [-0.2, -0.15) is 13.2 Å². The molecule has 1 amide bonds. The molecule has 1 saturated heterocycles. The Morgan fingerprint density at radius 3 is 2.16 bits per heavy atom. The number of aromatic nitrogens is 2. The number of carbonyl (C=O) groups is 2. The van der Waals surface area contributed by atoms with Crippen LogP contribution in [0.1, 0.15) is 43.2 Å². The summed E-state index contributed by atoms with van der Waals surface area (Å²) >= 11 is 0. The SMILES string of the molecule is CC(C)(C)OC(=O)N1CCN(c2ccc(Nc3ncc(C(F)(F)F)c(CCc4ccccc4CC(=O)O)n3)cc2)CC1.[LiH]. The predicted molar refractivity (Wildman–Crippen MR) is 159 cm³/mol. The first-order valence-electron chi connectivity index (χ1n) is 13.6. The van der Waals surface area contributed by atoms with Crippen molar-refractivity contribution in [3.05, 3.63) is 77.1 Å². The zero-order valence-electron chi connectivity index (χ0n) is 23.7. The number of piperazine rings is 1. The minimum atomic E-state index is -4.64. The third-order valence-electron chi connectivity index (χ3n) is 6.68. The molecule has 226 valence electrons. The Morgan fingerprint density at radius 1 is 0.953 bits per heavy atom. The van der Waals surface area contributed by atoms with Crippen LogP contribution in [0.4, 0.5) is 35.3 Å². The number of carbonyl (C=O) groups excluding carboxylic acids is 1. The Labute approximate surface area is 260 Å². The summed E-state index contributed by atoms with van der Waals surface area (Å²) < 4.78 is 46.7. The molecule has 2 aromatic carbocycles. The van der Waals surface area contributed by atoms with Crippen molar-refractivity contribution in [3.8, 4) is 0 Å². The van der Waals surface area contributed by atoms with Gasteiger partial charge in [-0.1, -0.05) is 24.3 Å². The molecule has 0 atom stereocenters. The maximum absolute atomic E-state index is 13.7. The molecule has 0 unspecified atom stereocenters. The summed E-state index contributed by atoms with van der Waals surface area (Å²) in [5, 5.41) is 12.1. The van der Waals surface area contributed by atoms with Gasteiger partial charge in [-0.25, -0.2) is 14.8 Å². The van der Waals surface area contributed by atoms with Crippen molar-refractivity contribution in [3.63, 3.8) is 0 Å². The fraction of sp³-hybridized carbons (Fsp3) is 0.400. The van der Waals surface area contributed by atoms with Gasteiger partial charge >= 0.3 is 37.1 Å². The number of hydrogen-bond donors (Lipinski definition) is 2. The van der Waals surface area contributed by atoms with Crippen LogP contribution in [0, 0.1) is 0 Å². The number of alkyl halides is 3. The summed E-state index contributed by atoms with van der Waals surface area (Å²) in [4.78, 5) is 35.4. The van der Waals surface area contributed by atoms with E-state index in [9.17, 15) is 22.8 Å². The Morgan fingerprint density at radius 2 is 1.58 bits per heavy atom. The number of anilines is 3. The molecule has 1 aliphatic heterocycles. The summed E-state index contributed by atoms with van der Waals surface area (Å²) in [6.45, 7) is 7.81. The van der Waals surface area contributed by atoms with Crippen molar-refractivity contribution in [2.45, 2.75) is 51.8 Å². The van der Waals surface area contributed by atoms with Gasteiger partial charge in [0.2, 0.25) is 5.95 Å². The van der Waals surface area contributed by atoms with E-state index in [-0.39, 0.29) is 55.9 Å². The van der Waals surface area contributed by atoms with E-state index in [1.165, 1.54) is 0 Å². The number of nitrogens with one attached hydrogen (secondary N) is 1. The van der Waals surface area contributed by atoms with Crippen molar-refractivity contribution < 1.29 is 32.6 Å². The first kappa shape index (κ1) is 33.7. The predicted octanol–water partition coefficient (Wildman–Crippen LogP) is 5.06. The summed E-state index contributed by atoms with van der Waals surface area (Å²) in [7, 11) is 0. The van der Waals surface area contributed by atoms with E-state index in [0.717, 1.165) is 11.9 Å². The van der Waals surface area contributed by atoms with Gasteiger partial charge in [0.25, 0.3) is 0 Å². The van der Waals surface area contributed by atoms with Gasteiger partial charge in [0.05, 0.1) is 17.7 Å². The second-order valence-electron chi connectivity index (χ2n) is 11.0. The molecule has 1 aromatic heterocycles. The third kappa shape index (κ3) is 9.63. The molecule has 4 rings (SSSR count). The molecular formula is C30H35F3LiN5O4. The Kier molecular flexibility index (Phi) is 11.1. The van der Waals surface area contributed by atoms with Gasteiger partial charge in [-0.3, -0.25) is 4.79 Å². The number of carboxylic acid groups (broad SMARTS) is 1. The van der Waals surface area contributed by atoms with Crippen LogP contribution in [0.2, 0.25) is 0 Å². The van der Waals surface area contributed by atoms with E-state index in [0.29, 0.717) is 43.0 Å². The number of hydrogen-bond acceptors (Lipinski definition) is 7. The van der Waals surface area contributed by atoms with Crippen molar-refractivity contribution in [1.29, 1.82) is 0 Å². The van der Waals surface area contributed by atoms with Crippen LogP contribution in [0.15, 0.2) is 54.7 Å². The molecule has 3 aromatic rings. The van der Waals surface area contributed by atoms with Gasteiger partial charge in [0, 0.05) is 43.8 Å². The number of aryl methyl sites for hydroxylation is 2. The molecular weight excluding hydrogens is 558 g/mol. The van der Waals surface area contributed by atoms with Crippen molar-refractivity contribution in [2.24, 2.45) is 0 Å². The van der Waals surface area contributed by atoms with Crippen molar-refractivity contribution in [1.82, 2.24) is 14.9 Å². The molecule has 2 N–H and O–H groups in total. The summed E-state index contributed by atoms with van der Waals surface area (Å²) in [5.41, 5.74) is 1.10. The minimum absolute atomic E-state index is 0. The van der Waals surface area contributed by atoms with Gasteiger partial charge in [-0.05, 0) is 69.0 Å². The first-order chi connectivity index (χ1) is 19.8. The summed E-state index contributed by atoms with van der Waals surface area (Å²) in [6, 6.07) is 14.1. The second-order valence-corrected chi connectivity index (χ2v) is 11.0. The summed E-state index contributed by atoms with van der Waals surface area (Å²) in [6.07, 6.45) is -4.26. The van der Waals surface area contributed by atoms with Crippen molar-refractivity contribution >= 4 is 48.2 Å². The van der Waals surface area contributed by atoms with E-state index in [4.69, 9.17) is 9.84 Å². The van der Waals surface area contributed by atoms with Gasteiger partial charge < -0.3 is 25.0 Å². The number of rotatable bonds is 8. The fourth-order valence-electron chi connectivity index (χ4n) is 4.65. The van der Waals surface area contributed by atoms with E-state index < -0.39 is 23.3 Å². The van der Waals surface area contributed by atoms with Crippen LogP contribution in [-0.2, 0) is 35.0 Å². The molecule has 0 bridgehead atoms. The fourth-order valence-corrected chi connectivity index (χ4v) is 4.65. The molecule has 0 radical (unpaired) electrons. The normalized spacial score (nSPS) is 13.7. The summed E-state index contributed by atoms with van der Waals surface area (Å²) in [5.74, 6) is -0.989. The molecule has 0 saturated carbocycles. The van der Waals surface area contributed by atoms with Crippen LogP contribution in [-0.4, -0.2) is 82.7 Å². The van der Waals surface area contributed by atoms with E-state index in [1.54, 1.807) is 41.3 Å². The molecule has 9 nitrogen and oxygen atoms in total. The number of aliphatic carboxylic acids is 1. The quantitative estimate of drug-likeness (QED) is 0.349. The van der Waals surface area contributed by atoms with Crippen LogP contribution in [0.3, 0.4) is 0 Å². The number of halogens is 3. The molecule has 1 fully saturated rings. The Bertz CT molecular complexity index is 1410. The zero-order valence-corrected chi connectivity index (χ0v) is 23.7. The topological polar surface area (TPSA) is 108 Å². The van der Waals surface area contributed by atoms with Gasteiger partial charge in [0.1, 0.15) is 5.60 Å². The van der Waals surface area contributed by atoms with Gasteiger partial charge in [-0.15, -0.1) is 0 Å². The molecule has 13 heteroatoms. The number of benzene rings is 2. The van der Waals surface area contributed by atoms with Crippen LogP contribution < -0.4 is 10.2 Å². The molecule has 43 heavy (non-hydrogen) atoms. The average molecular weight is 594 g/mol. The van der Waals surface area contributed by atoms with Crippen molar-refractivity contribution in [2.75, 3.05) is 36.4 Å². The van der Waals surface area contributed by atoms with E-state index >= 15 is 0 Å². The molecule has 1 aliphatic rings. The Balaban J connectivity index is 0.00000506.